The molecule has 2 aromatic carbocycles. The molecule has 1 aliphatic rings. The van der Waals surface area contributed by atoms with Gasteiger partial charge in [-0.1, -0.05) is 30.3 Å². The minimum Gasteiger partial charge on any atom is -0.454 e. The number of hydrogen-bond acceptors (Lipinski definition) is 8. The molecule has 0 radical (unpaired) electrons. The summed E-state index contributed by atoms with van der Waals surface area (Å²) in [5.41, 5.74) is 4.80. The minimum absolute atomic E-state index is 0.0294. The highest BCUT2D eigenvalue weighted by Gasteiger charge is 2.27. The van der Waals surface area contributed by atoms with E-state index >= 15 is 0 Å². The van der Waals surface area contributed by atoms with Gasteiger partial charge in [0.1, 0.15) is 5.75 Å². The first-order valence-electron chi connectivity index (χ1n) is 12.8. The summed E-state index contributed by atoms with van der Waals surface area (Å²) in [6.07, 6.45) is 4.19. The van der Waals surface area contributed by atoms with E-state index in [1.807, 2.05) is 62.2 Å². The number of carbonyl (C=O) groups excluding carboxylic acids is 3. The van der Waals surface area contributed by atoms with Crippen LogP contribution in [0.1, 0.15) is 29.5 Å². The Labute approximate surface area is 227 Å². The minimum atomic E-state index is -0.810. The monoisotopic (exact) mass is 531 g/mol. The van der Waals surface area contributed by atoms with Crippen molar-refractivity contribution < 1.29 is 23.9 Å². The van der Waals surface area contributed by atoms with Gasteiger partial charge in [0, 0.05) is 38.0 Å². The maximum Gasteiger partial charge on any atom is 0.298 e. The summed E-state index contributed by atoms with van der Waals surface area (Å²) in [6.45, 7) is 5.25. The van der Waals surface area contributed by atoms with Crippen LogP contribution < -0.4 is 15.0 Å². The molecule has 0 bridgehead atoms. The number of benzene rings is 2. The lowest BCUT2D eigenvalue weighted by molar-refractivity contribution is -0.120. The van der Waals surface area contributed by atoms with Gasteiger partial charge in [-0.25, -0.2) is 0 Å². The van der Waals surface area contributed by atoms with Gasteiger partial charge in [0.25, 0.3) is 12.5 Å². The van der Waals surface area contributed by atoms with Crippen molar-refractivity contribution in [1.29, 1.82) is 5.41 Å². The number of ether oxygens (including phenoxy) is 2. The molecule has 1 saturated heterocycles. The Morgan fingerprint density at radius 1 is 1.18 bits per heavy atom. The summed E-state index contributed by atoms with van der Waals surface area (Å²) in [7, 11) is 1.99. The topological polar surface area (TPSA) is 125 Å². The third-order valence-corrected chi connectivity index (χ3v) is 7.18. The molecule has 204 valence electrons. The second-order valence-corrected chi connectivity index (χ2v) is 9.70. The molecule has 3 aromatic rings. The number of nitrogens with zero attached hydrogens (tertiary/aromatic N) is 3. The zero-order valence-electron chi connectivity index (χ0n) is 22.3. The number of likely N-dealkylation sites (tertiary alicyclic amines) is 1. The largest absolute Gasteiger partial charge is 0.454 e. The molecule has 10 heteroatoms. The molecule has 4 rings (SSSR count). The fourth-order valence-corrected chi connectivity index (χ4v) is 5.22. The number of nitrogens with one attached hydrogen (secondary N) is 2. The average Bonchev–Trinajstić information content (AvgIpc) is 2.94. The van der Waals surface area contributed by atoms with Crippen LogP contribution in [-0.4, -0.2) is 67.4 Å². The van der Waals surface area contributed by atoms with Crippen molar-refractivity contribution in [3.63, 3.8) is 0 Å². The number of para-hydroxylation sites is 1. The smallest absolute Gasteiger partial charge is 0.298 e. The van der Waals surface area contributed by atoms with Crippen molar-refractivity contribution in [3.8, 4) is 5.75 Å². The van der Waals surface area contributed by atoms with Crippen molar-refractivity contribution >= 4 is 47.5 Å². The van der Waals surface area contributed by atoms with Crippen molar-refractivity contribution in [2.24, 2.45) is 0 Å². The van der Waals surface area contributed by atoms with Crippen LogP contribution in [0, 0.1) is 19.3 Å². The molecule has 2 N–H and O–H groups in total. The number of aldehydes is 1. The number of carbonyl (C=O) groups is 3. The molecule has 39 heavy (non-hydrogen) atoms. The molecule has 0 aliphatic carbocycles. The van der Waals surface area contributed by atoms with Crippen LogP contribution in [0.5, 0.6) is 5.75 Å². The van der Waals surface area contributed by atoms with E-state index in [1.165, 1.54) is 0 Å². The molecule has 0 spiro atoms. The van der Waals surface area contributed by atoms with E-state index < -0.39 is 6.10 Å². The molecule has 0 saturated carbocycles. The van der Waals surface area contributed by atoms with Crippen LogP contribution in [0.15, 0.2) is 42.6 Å². The van der Waals surface area contributed by atoms with Gasteiger partial charge in [0.05, 0.1) is 23.1 Å². The molecule has 1 atom stereocenters. The Morgan fingerprint density at radius 2 is 1.87 bits per heavy atom. The van der Waals surface area contributed by atoms with Gasteiger partial charge in [-0.2, -0.15) is 0 Å². The van der Waals surface area contributed by atoms with E-state index in [0.29, 0.717) is 44.4 Å². The van der Waals surface area contributed by atoms with Gasteiger partial charge in [0.15, 0.2) is 12.4 Å². The number of amidine groups is 1. The van der Waals surface area contributed by atoms with Gasteiger partial charge in [0.2, 0.25) is 6.41 Å². The second-order valence-electron chi connectivity index (χ2n) is 9.70. The van der Waals surface area contributed by atoms with Gasteiger partial charge in [-0.3, -0.25) is 24.8 Å². The number of amides is 1. The fourth-order valence-electron chi connectivity index (χ4n) is 5.22. The number of aryl methyl sites for hydroxylation is 2. The number of hydrogen-bond donors (Lipinski definition) is 2. The predicted octanol–water partition coefficient (Wildman–Crippen LogP) is 3.62. The first-order valence-corrected chi connectivity index (χ1v) is 12.8. The van der Waals surface area contributed by atoms with Crippen LogP contribution in [-0.2, 0) is 25.5 Å². The van der Waals surface area contributed by atoms with E-state index in [1.54, 1.807) is 6.20 Å². The number of fused-ring (bicyclic) bond motifs is 1. The Balaban J connectivity index is 1.37. The Hall–Kier alpha value is -4.47. The normalized spacial score (nSPS) is 14.4. The Kier molecular flexibility index (Phi) is 8.75. The summed E-state index contributed by atoms with van der Waals surface area (Å²) < 4.78 is 10.8. The van der Waals surface area contributed by atoms with Crippen LogP contribution in [0.3, 0.4) is 0 Å². The molecule has 0 unspecified atom stereocenters. The van der Waals surface area contributed by atoms with Crippen LogP contribution in [0.2, 0.25) is 0 Å². The van der Waals surface area contributed by atoms with Crippen molar-refractivity contribution in [2.45, 2.75) is 45.3 Å². The van der Waals surface area contributed by atoms with Crippen molar-refractivity contribution in [3.05, 3.63) is 59.3 Å². The highest BCUT2D eigenvalue weighted by molar-refractivity contribution is 6.01. The van der Waals surface area contributed by atoms with Gasteiger partial charge in [-0.15, -0.1) is 0 Å². The maximum atomic E-state index is 11.8. The number of piperidine rings is 1. The first-order chi connectivity index (χ1) is 18.9. The molecular weight excluding hydrogens is 498 g/mol. The standard InChI is InChI=1S/C29H33N5O5/c1-19-12-21(13-20(2)28(19)38-18-37)14-23(16-35)39-29(30)34-10-8-22(9-11-34)33(3)26-15-31-25-7-5-4-6-24(25)27(26)32-17-36/h4-7,12-13,15-18,22-23,30H,8-11,14H2,1-3H3,(H,31,32,36)/t23-/m1/s1. The third-order valence-electron chi connectivity index (χ3n) is 7.18. The number of pyridine rings is 1. The van der Waals surface area contributed by atoms with Gasteiger partial charge < -0.3 is 24.6 Å². The highest BCUT2D eigenvalue weighted by atomic mass is 16.5. The van der Waals surface area contributed by atoms with Crippen LogP contribution in [0.25, 0.3) is 10.9 Å². The van der Waals surface area contributed by atoms with Crippen LogP contribution >= 0.6 is 0 Å². The molecule has 1 fully saturated rings. The molecule has 1 aliphatic heterocycles. The third kappa shape index (κ3) is 6.17. The van der Waals surface area contributed by atoms with E-state index in [0.717, 1.165) is 51.8 Å². The summed E-state index contributed by atoms with van der Waals surface area (Å²) in [5.74, 6) is 0.506. The number of anilines is 2. The molecule has 2 heterocycles. The highest BCUT2D eigenvalue weighted by Crippen LogP contribution is 2.34. The SMILES string of the molecule is Cc1cc(C[C@H](C=O)OC(=N)N2CCC(N(C)c3cnc4ccccc4c3NC=O)CC2)cc(C)c1OC=O. The Bertz CT molecular complexity index is 1350. The lowest BCUT2D eigenvalue weighted by Gasteiger charge is -2.39. The lowest BCUT2D eigenvalue weighted by atomic mass is 10.0. The molecule has 10 nitrogen and oxygen atoms in total. The maximum absolute atomic E-state index is 11.8. The fraction of sp³-hybridized carbons (Fsp3) is 0.345. The molecular formula is C29H33N5O5. The van der Waals surface area contributed by atoms with E-state index in [4.69, 9.17) is 14.9 Å². The molecule has 1 amide bonds. The number of aromatic nitrogens is 1. The summed E-state index contributed by atoms with van der Waals surface area (Å²) >= 11 is 0. The predicted molar refractivity (Wildman–Crippen MR) is 149 cm³/mol. The number of rotatable bonds is 10. The quantitative estimate of drug-likeness (QED) is 0.231. The summed E-state index contributed by atoms with van der Waals surface area (Å²) in [5, 5.41) is 12.2. The summed E-state index contributed by atoms with van der Waals surface area (Å²) in [4.78, 5) is 42.4. The van der Waals surface area contributed by atoms with E-state index in [2.05, 4.69) is 15.2 Å². The Morgan fingerprint density at radius 3 is 2.51 bits per heavy atom. The average molecular weight is 532 g/mol. The zero-order chi connectivity index (χ0) is 27.9. The summed E-state index contributed by atoms with van der Waals surface area (Å²) in [6, 6.07) is 11.5. The zero-order valence-corrected chi connectivity index (χ0v) is 22.3. The van der Waals surface area contributed by atoms with E-state index in [9.17, 15) is 14.4 Å². The van der Waals surface area contributed by atoms with Gasteiger partial charge in [-0.05, 0) is 49.4 Å². The first kappa shape index (κ1) is 27.6. The molecule has 1 aromatic heterocycles. The second kappa shape index (κ2) is 12.4. The van der Waals surface area contributed by atoms with Crippen LogP contribution in [0.4, 0.5) is 11.4 Å². The van der Waals surface area contributed by atoms with E-state index in [-0.39, 0.29) is 12.1 Å². The lowest BCUT2D eigenvalue weighted by Crippen LogP contribution is -2.47. The van der Waals surface area contributed by atoms with Gasteiger partial charge >= 0.3 is 0 Å². The van der Waals surface area contributed by atoms with Crippen molar-refractivity contribution in [2.75, 3.05) is 30.4 Å². The van der Waals surface area contributed by atoms with Crippen molar-refractivity contribution in [1.82, 2.24) is 9.88 Å².